The van der Waals surface area contributed by atoms with E-state index in [1.165, 1.54) is 5.56 Å². The molecule has 21 heavy (non-hydrogen) atoms. The van der Waals surface area contributed by atoms with Crippen LogP contribution in [0.2, 0.25) is 0 Å². The zero-order chi connectivity index (χ0) is 15.8. The SMILES string of the molecule is CC(C)c1ccc(NC(=O)CN(C)CCCC(=O)O)cc1. The van der Waals surface area contributed by atoms with E-state index < -0.39 is 5.97 Å². The second-order valence-electron chi connectivity index (χ2n) is 5.56. The summed E-state index contributed by atoms with van der Waals surface area (Å²) in [7, 11) is 1.81. The van der Waals surface area contributed by atoms with Crippen molar-refractivity contribution in [1.82, 2.24) is 4.90 Å². The van der Waals surface area contributed by atoms with Gasteiger partial charge in [-0.1, -0.05) is 26.0 Å². The molecule has 0 unspecified atom stereocenters. The van der Waals surface area contributed by atoms with Crippen molar-refractivity contribution in [3.05, 3.63) is 29.8 Å². The van der Waals surface area contributed by atoms with Gasteiger partial charge in [-0.05, 0) is 43.6 Å². The largest absolute Gasteiger partial charge is 0.481 e. The van der Waals surface area contributed by atoms with Gasteiger partial charge in [0.1, 0.15) is 0 Å². The normalized spacial score (nSPS) is 10.9. The van der Waals surface area contributed by atoms with Crippen molar-refractivity contribution >= 4 is 17.6 Å². The number of likely N-dealkylation sites (N-methyl/N-ethyl adjacent to an activating group) is 1. The van der Waals surface area contributed by atoms with E-state index in [2.05, 4.69) is 19.2 Å². The van der Waals surface area contributed by atoms with Crippen molar-refractivity contribution in [1.29, 1.82) is 0 Å². The number of rotatable bonds is 8. The van der Waals surface area contributed by atoms with Crippen LogP contribution in [0.4, 0.5) is 5.69 Å². The fraction of sp³-hybridized carbons (Fsp3) is 0.500. The number of hydrogen-bond donors (Lipinski definition) is 2. The van der Waals surface area contributed by atoms with E-state index in [9.17, 15) is 9.59 Å². The highest BCUT2D eigenvalue weighted by Gasteiger charge is 2.08. The monoisotopic (exact) mass is 292 g/mol. The Bertz CT molecular complexity index is 469. The number of nitrogens with zero attached hydrogens (tertiary/aromatic N) is 1. The Kier molecular flexibility index (Phi) is 6.88. The number of carbonyl (C=O) groups excluding carboxylic acids is 1. The highest BCUT2D eigenvalue weighted by atomic mass is 16.4. The number of carbonyl (C=O) groups is 2. The molecule has 1 aromatic carbocycles. The maximum Gasteiger partial charge on any atom is 0.303 e. The Labute approximate surface area is 126 Å². The van der Waals surface area contributed by atoms with Gasteiger partial charge in [0.25, 0.3) is 0 Å². The summed E-state index contributed by atoms with van der Waals surface area (Å²) in [6.07, 6.45) is 0.671. The smallest absolute Gasteiger partial charge is 0.303 e. The zero-order valence-corrected chi connectivity index (χ0v) is 12.9. The Morgan fingerprint density at radius 2 is 1.86 bits per heavy atom. The molecule has 2 N–H and O–H groups in total. The standard InChI is InChI=1S/C16H24N2O3/c1-12(2)13-6-8-14(9-7-13)17-15(19)11-18(3)10-4-5-16(20)21/h6-9,12H,4-5,10-11H2,1-3H3,(H,17,19)(H,20,21). The maximum atomic E-state index is 11.9. The molecule has 5 nitrogen and oxygen atoms in total. The van der Waals surface area contributed by atoms with Crippen LogP contribution in [0.3, 0.4) is 0 Å². The summed E-state index contributed by atoms with van der Waals surface area (Å²) in [4.78, 5) is 24.1. The summed E-state index contributed by atoms with van der Waals surface area (Å²) in [6.45, 7) is 5.09. The number of hydrogen-bond acceptors (Lipinski definition) is 3. The summed E-state index contributed by atoms with van der Waals surface area (Å²) >= 11 is 0. The second kappa shape index (κ2) is 8.42. The third-order valence-corrected chi connectivity index (χ3v) is 3.21. The molecule has 0 fully saturated rings. The Morgan fingerprint density at radius 3 is 2.38 bits per heavy atom. The molecular formula is C16H24N2O3. The summed E-state index contributed by atoms with van der Waals surface area (Å²) in [6, 6.07) is 7.82. The van der Waals surface area contributed by atoms with Crippen molar-refractivity contribution in [2.75, 3.05) is 25.5 Å². The summed E-state index contributed by atoms with van der Waals surface area (Å²) < 4.78 is 0. The molecule has 0 saturated carbocycles. The van der Waals surface area contributed by atoms with Crippen LogP contribution in [-0.2, 0) is 9.59 Å². The zero-order valence-electron chi connectivity index (χ0n) is 12.9. The van der Waals surface area contributed by atoms with E-state index in [0.717, 1.165) is 5.69 Å². The Hall–Kier alpha value is -1.88. The van der Waals surface area contributed by atoms with Crippen LogP contribution in [0, 0.1) is 0 Å². The summed E-state index contributed by atoms with van der Waals surface area (Å²) in [5.41, 5.74) is 2.02. The molecular weight excluding hydrogens is 268 g/mol. The molecule has 0 heterocycles. The number of benzene rings is 1. The highest BCUT2D eigenvalue weighted by molar-refractivity contribution is 5.92. The van der Waals surface area contributed by atoms with Crippen molar-refractivity contribution in [3.8, 4) is 0 Å². The number of amides is 1. The van der Waals surface area contributed by atoms with Gasteiger partial charge in [-0.15, -0.1) is 0 Å². The number of carboxylic acids is 1. The minimum atomic E-state index is -0.807. The van der Waals surface area contributed by atoms with Gasteiger partial charge in [-0.3, -0.25) is 14.5 Å². The first-order valence-corrected chi connectivity index (χ1v) is 7.18. The van der Waals surface area contributed by atoms with Gasteiger partial charge in [-0.2, -0.15) is 0 Å². The lowest BCUT2D eigenvalue weighted by Crippen LogP contribution is -2.31. The first-order chi connectivity index (χ1) is 9.88. The number of aliphatic carboxylic acids is 1. The van der Waals surface area contributed by atoms with Gasteiger partial charge >= 0.3 is 5.97 Å². The molecule has 1 rings (SSSR count). The van der Waals surface area contributed by atoms with E-state index in [4.69, 9.17) is 5.11 Å². The van der Waals surface area contributed by atoms with E-state index in [-0.39, 0.29) is 18.9 Å². The van der Waals surface area contributed by atoms with E-state index in [1.54, 1.807) is 0 Å². The fourth-order valence-corrected chi connectivity index (χ4v) is 1.98. The van der Waals surface area contributed by atoms with Crippen molar-refractivity contribution in [2.45, 2.75) is 32.6 Å². The quantitative estimate of drug-likeness (QED) is 0.772. The third kappa shape index (κ3) is 6.90. The molecule has 0 spiro atoms. The van der Waals surface area contributed by atoms with E-state index in [1.807, 2.05) is 36.2 Å². The Balaban J connectivity index is 2.37. The molecule has 1 aromatic rings. The molecule has 0 saturated heterocycles. The molecule has 0 radical (unpaired) electrons. The minimum Gasteiger partial charge on any atom is -0.481 e. The van der Waals surface area contributed by atoms with Crippen molar-refractivity contribution < 1.29 is 14.7 Å². The summed E-state index contributed by atoms with van der Waals surface area (Å²) in [5.74, 6) is -0.432. The average molecular weight is 292 g/mol. The molecule has 0 aliphatic carbocycles. The molecule has 0 aromatic heterocycles. The topological polar surface area (TPSA) is 69.6 Å². The molecule has 116 valence electrons. The first kappa shape index (κ1) is 17.2. The van der Waals surface area contributed by atoms with Gasteiger partial charge < -0.3 is 10.4 Å². The lowest BCUT2D eigenvalue weighted by atomic mass is 10.0. The van der Waals surface area contributed by atoms with Crippen LogP contribution < -0.4 is 5.32 Å². The molecule has 0 aliphatic rings. The molecule has 1 amide bonds. The average Bonchev–Trinajstić information content (AvgIpc) is 2.38. The fourth-order valence-electron chi connectivity index (χ4n) is 1.98. The van der Waals surface area contributed by atoms with Crippen LogP contribution >= 0.6 is 0 Å². The predicted octanol–water partition coefficient (Wildman–Crippen LogP) is 2.55. The number of carboxylic acid groups (broad SMARTS) is 1. The summed E-state index contributed by atoms with van der Waals surface area (Å²) in [5, 5.41) is 11.4. The van der Waals surface area contributed by atoms with Gasteiger partial charge in [0.2, 0.25) is 5.91 Å². The van der Waals surface area contributed by atoms with Crippen LogP contribution in [0.1, 0.15) is 38.2 Å². The Morgan fingerprint density at radius 1 is 1.24 bits per heavy atom. The van der Waals surface area contributed by atoms with E-state index >= 15 is 0 Å². The lowest BCUT2D eigenvalue weighted by molar-refractivity contribution is -0.137. The maximum absolute atomic E-state index is 11.9. The molecule has 0 atom stereocenters. The second-order valence-corrected chi connectivity index (χ2v) is 5.56. The van der Waals surface area contributed by atoms with Crippen LogP contribution in [-0.4, -0.2) is 42.0 Å². The minimum absolute atomic E-state index is 0.0925. The molecule has 0 aliphatic heterocycles. The van der Waals surface area contributed by atoms with Gasteiger partial charge in [-0.25, -0.2) is 0 Å². The predicted molar refractivity (Wildman–Crippen MR) is 83.5 cm³/mol. The highest BCUT2D eigenvalue weighted by Crippen LogP contribution is 2.17. The first-order valence-electron chi connectivity index (χ1n) is 7.18. The van der Waals surface area contributed by atoms with Gasteiger partial charge in [0, 0.05) is 12.1 Å². The van der Waals surface area contributed by atoms with Gasteiger partial charge in [0.15, 0.2) is 0 Å². The van der Waals surface area contributed by atoms with Gasteiger partial charge in [0.05, 0.1) is 6.54 Å². The van der Waals surface area contributed by atoms with Crippen molar-refractivity contribution in [3.63, 3.8) is 0 Å². The van der Waals surface area contributed by atoms with Crippen LogP contribution in [0.5, 0.6) is 0 Å². The third-order valence-electron chi connectivity index (χ3n) is 3.21. The lowest BCUT2D eigenvalue weighted by Gasteiger charge is -2.16. The number of anilines is 1. The van der Waals surface area contributed by atoms with E-state index in [0.29, 0.717) is 18.9 Å². The number of nitrogens with one attached hydrogen (secondary N) is 1. The molecule has 0 bridgehead atoms. The molecule has 5 heteroatoms. The van der Waals surface area contributed by atoms with Crippen LogP contribution in [0.15, 0.2) is 24.3 Å². The van der Waals surface area contributed by atoms with Crippen molar-refractivity contribution in [2.24, 2.45) is 0 Å². The van der Waals surface area contributed by atoms with Crippen LogP contribution in [0.25, 0.3) is 0 Å².